The summed E-state index contributed by atoms with van der Waals surface area (Å²) in [5.74, 6) is -1.36. The van der Waals surface area contributed by atoms with E-state index in [2.05, 4.69) is 6.08 Å². The molecule has 226 valence electrons. The smallest absolute Gasteiger partial charge is 0.251 e. The standard InChI is InChI=1S/C34H39N3O5S/c1-6-42-25-13-11-24(12-14-25)35-17-7-15-33(5)27(30(35)39)28-31(40)37(23(4)20-38)29-32(41)36(18-8-16-34(28,29)43-33)26-19-21(2)9-10-22(26)3/h7-16,19,23,27-29,38H,6,17-18,20H2,1-5H3/t23-,27-,28+,29?,33+,34+/m1/s1. The molecule has 0 aromatic heterocycles. The summed E-state index contributed by atoms with van der Waals surface area (Å²) in [4.78, 5) is 48.9. The molecule has 6 rings (SSSR count). The molecule has 1 spiro atoms. The minimum Gasteiger partial charge on any atom is -0.494 e. The second-order valence-electron chi connectivity index (χ2n) is 12.2. The van der Waals surface area contributed by atoms with Crippen LogP contribution < -0.4 is 14.5 Å². The first-order valence-electron chi connectivity index (χ1n) is 15.0. The fourth-order valence-corrected chi connectivity index (χ4v) is 9.51. The zero-order valence-corrected chi connectivity index (χ0v) is 26.1. The summed E-state index contributed by atoms with van der Waals surface area (Å²) in [6.07, 6.45) is 8.04. The average Bonchev–Trinajstić information content (AvgIpc) is 3.26. The lowest BCUT2D eigenvalue weighted by atomic mass is 9.74. The van der Waals surface area contributed by atoms with Gasteiger partial charge in [-0.2, -0.15) is 0 Å². The first-order valence-corrected chi connectivity index (χ1v) is 15.8. The predicted octanol–water partition coefficient (Wildman–Crippen LogP) is 4.28. The van der Waals surface area contributed by atoms with Crippen molar-refractivity contribution >= 4 is 40.9 Å². The van der Waals surface area contributed by atoms with E-state index in [9.17, 15) is 19.5 Å². The lowest BCUT2D eigenvalue weighted by molar-refractivity contribution is -0.141. The third-order valence-electron chi connectivity index (χ3n) is 9.35. The van der Waals surface area contributed by atoms with Crippen LogP contribution in [0.25, 0.3) is 0 Å². The zero-order valence-electron chi connectivity index (χ0n) is 25.3. The van der Waals surface area contributed by atoms with Crippen molar-refractivity contribution in [2.24, 2.45) is 11.8 Å². The number of thioether (sulfide) groups is 1. The number of fused-ring (bicyclic) bond motifs is 2. The van der Waals surface area contributed by atoms with Gasteiger partial charge in [-0.15, -0.1) is 11.8 Å². The number of aliphatic hydroxyl groups is 1. The molecule has 2 saturated heterocycles. The van der Waals surface area contributed by atoms with E-state index in [1.54, 1.807) is 33.4 Å². The molecule has 2 aromatic carbocycles. The molecule has 1 unspecified atom stereocenters. The number of anilines is 2. The second-order valence-corrected chi connectivity index (χ2v) is 14.0. The Hall–Kier alpha value is -3.56. The fourth-order valence-electron chi connectivity index (χ4n) is 7.37. The van der Waals surface area contributed by atoms with E-state index in [1.807, 2.05) is 88.4 Å². The number of hydrogen-bond donors (Lipinski definition) is 1. The number of aryl methyl sites for hydroxylation is 2. The molecule has 1 N–H and O–H groups in total. The van der Waals surface area contributed by atoms with E-state index < -0.39 is 33.4 Å². The van der Waals surface area contributed by atoms with Gasteiger partial charge in [0.2, 0.25) is 11.8 Å². The van der Waals surface area contributed by atoms with Crippen molar-refractivity contribution in [2.45, 2.75) is 56.2 Å². The molecule has 8 nitrogen and oxygen atoms in total. The minimum absolute atomic E-state index is 0.145. The third-order valence-corrected chi connectivity index (χ3v) is 11.1. The van der Waals surface area contributed by atoms with E-state index in [-0.39, 0.29) is 24.3 Å². The molecule has 43 heavy (non-hydrogen) atoms. The maximum Gasteiger partial charge on any atom is 0.251 e. The van der Waals surface area contributed by atoms with Gasteiger partial charge in [0.1, 0.15) is 11.8 Å². The molecular formula is C34H39N3O5S. The van der Waals surface area contributed by atoms with Crippen LogP contribution in [0.15, 0.2) is 66.8 Å². The predicted molar refractivity (Wildman–Crippen MR) is 169 cm³/mol. The summed E-state index contributed by atoms with van der Waals surface area (Å²) in [6.45, 7) is 10.7. The van der Waals surface area contributed by atoms with Crippen LogP contribution in [0.5, 0.6) is 5.75 Å². The number of carbonyl (C=O) groups is 3. The molecule has 2 aromatic rings. The minimum atomic E-state index is -0.981. The number of carbonyl (C=O) groups excluding carboxylic acids is 3. The van der Waals surface area contributed by atoms with Crippen molar-refractivity contribution in [3.63, 3.8) is 0 Å². The van der Waals surface area contributed by atoms with Crippen LogP contribution in [-0.4, -0.2) is 75.6 Å². The molecule has 0 bridgehead atoms. The monoisotopic (exact) mass is 601 g/mol. The fraction of sp³-hybridized carbons (Fsp3) is 0.441. The van der Waals surface area contributed by atoms with E-state index in [0.29, 0.717) is 19.7 Å². The van der Waals surface area contributed by atoms with Gasteiger partial charge >= 0.3 is 0 Å². The lowest BCUT2D eigenvalue weighted by Gasteiger charge is -2.39. The number of ether oxygens (including phenoxy) is 1. The van der Waals surface area contributed by atoms with E-state index >= 15 is 0 Å². The van der Waals surface area contributed by atoms with Gasteiger partial charge in [0.25, 0.3) is 5.91 Å². The lowest BCUT2D eigenvalue weighted by Crippen LogP contribution is -2.56. The Morgan fingerprint density at radius 1 is 0.953 bits per heavy atom. The molecular weight excluding hydrogens is 562 g/mol. The third kappa shape index (κ3) is 4.51. The van der Waals surface area contributed by atoms with Crippen LogP contribution >= 0.6 is 11.8 Å². The van der Waals surface area contributed by atoms with Gasteiger partial charge in [-0.1, -0.05) is 36.4 Å². The Bertz CT molecular complexity index is 1520. The van der Waals surface area contributed by atoms with Crippen molar-refractivity contribution in [3.8, 4) is 5.75 Å². The van der Waals surface area contributed by atoms with Crippen molar-refractivity contribution in [2.75, 3.05) is 36.1 Å². The Kier molecular flexibility index (Phi) is 7.45. The molecule has 4 aliphatic rings. The summed E-state index contributed by atoms with van der Waals surface area (Å²) >= 11 is 1.55. The normalized spacial score (nSPS) is 30.6. The maximum absolute atomic E-state index is 14.7. The highest BCUT2D eigenvalue weighted by atomic mass is 32.2. The van der Waals surface area contributed by atoms with Crippen LogP contribution in [-0.2, 0) is 14.4 Å². The number of hydrogen-bond acceptors (Lipinski definition) is 6. The van der Waals surface area contributed by atoms with Crippen LogP contribution in [0.2, 0.25) is 0 Å². The maximum atomic E-state index is 14.7. The highest BCUT2D eigenvalue weighted by Crippen LogP contribution is 2.66. The van der Waals surface area contributed by atoms with Crippen LogP contribution in [0.3, 0.4) is 0 Å². The van der Waals surface area contributed by atoms with Gasteiger partial charge < -0.3 is 24.5 Å². The van der Waals surface area contributed by atoms with Gasteiger partial charge in [0.05, 0.1) is 35.8 Å². The van der Waals surface area contributed by atoms with E-state index in [1.165, 1.54) is 0 Å². The number of aliphatic hydroxyl groups excluding tert-OH is 1. The molecule has 9 heteroatoms. The molecule has 3 amide bonds. The first-order chi connectivity index (χ1) is 20.6. The SMILES string of the molecule is CCOc1ccc(N2CC=C[C@]3(C)S[C@]45C=CCN(c6cc(C)ccc6C)C(=O)C4N([C@H](C)CO)C(=O)[C@@H]5[C@@H]3C2=O)cc1. The number of benzene rings is 2. The summed E-state index contributed by atoms with van der Waals surface area (Å²) in [5, 5.41) is 10.3. The number of likely N-dealkylation sites (tertiary alicyclic amines) is 1. The molecule has 0 saturated carbocycles. The quantitative estimate of drug-likeness (QED) is 0.498. The molecule has 2 fully saturated rings. The van der Waals surface area contributed by atoms with Crippen molar-refractivity contribution in [1.82, 2.24) is 4.90 Å². The highest BCUT2D eigenvalue weighted by Gasteiger charge is 2.74. The van der Waals surface area contributed by atoms with Gasteiger partial charge in [0.15, 0.2) is 0 Å². The molecule has 4 heterocycles. The van der Waals surface area contributed by atoms with E-state index in [4.69, 9.17) is 4.74 Å². The van der Waals surface area contributed by atoms with Crippen molar-refractivity contribution in [3.05, 3.63) is 77.9 Å². The molecule has 4 aliphatic heterocycles. The largest absolute Gasteiger partial charge is 0.494 e. The van der Waals surface area contributed by atoms with Crippen LogP contribution in [0.1, 0.15) is 31.9 Å². The van der Waals surface area contributed by atoms with Gasteiger partial charge in [0, 0.05) is 29.2 Å². The van der Waals surface area contributed by atoms with E-state index in [0.717, 1.165) is 28.3 Å². The Morgan fingerprint density at radius 3 is 2.35 bits per heavy atom. The summed E-state index contributed by atoms with van der Waals surface area (Å²) in [7, 11) is 0. The second kappa shape index (κ2) is 10.9. The Morgan fingerprint density at radius 2 is 1.65 bits per heavy atom. The summed E-state index contributed by atoms with van der Waals surface area (Å²) in [5.41, 5.74) is 3.53. The number of amides is 3. The average molecular weight is 602 g/mol. The number of nitrogens with zero attached hydrogens (tertiary/aromatic N) is 3. The molecule has 0 radical (unpaired) electrons. The van der Waals surface area contributed by atoms with Crippen LogP contribution in [0.4, 0.5) is 11.4 Å². The highest BCUT2D eigenvalue weighted by molar-refractivity contribution is 8.02. The molecule has 0 aliphatic carbocycles. The van der Waals surface area contributed by atoms with Gasteiger partial charge in [-0.05, 0) is 76.1 Å². The Balaban J connectivity index is 1.46. The summed E-state index contributed by atoms with van der Waals surface area (Å²) in [6, 6.07) is 12.0. The van der Waals surface area contributed by atoms with Gasteiger partial charge in [-0.3, -0.25) is 14.4 Å². The van der Waals surface area contributed by atoms with Gasteiger partial charge in [-0.25, -0.2) is 0 Å². The van der Waals surface area contributed by atoms with Crippen molar-refractivity contribution in [1.29, 1.82) is 0 Å². The topological polar surface area (TPSA) is 90.4 Å². The number of rotatable bonds is 6. The van der Waals surface area contributed by atoms with Crippen LogP contribution in [0, 0.1) is 25.7 Å². The Labute approximate surface area is 257 Å². The molecule has 6 atom stereocenters. The zero-order chi connectivity index (χ0) is 30.7. The summed E-state index contributed by atoms with van der Waals surface area (Å²) < 4.78 is 3.90. The first kappa shape index (κ1) is 29.5. The van der Waals surface area contributed by atoms with Crippen molar-refractivity contribution < 1.29 is 24.2 Å².